The van der Waals surface area contributed by atoms with Crippen molar-refractivity contribution in [3.05, 3.63) is 51.2 Å². The van der Waals surface area contributed by atoms with Gasteiger partial charge in [-0.05, 0) is 37.6 Å². The van der Waals surface area contributed by atoms with Gasteiger partial charge in [0.1, 0.15) is 0 Å². The third kappa shape index (κ3) is 5.51. The Morgan fingerprint density at radius 2 is 1.86 bits per heavy atom. The highest BCUT2D eigenvalue weighted by molar-refractivity contribution is 7.99. The van der Waals surface area contributed by atoms with Crippen LogP contribution in [-0.2, 0) is 20.6 Å². The highest BCUT2D eigenvalue weighted by atomic mass is 35.5. The number of hydrogen-bond acceptors (Lipinski definition) is 5. The third-order valence-electron chi connectivity index (χ3n) is 4.57. The van der Waals surface area contributed by atoms with Crippen molar-refractivity contribution < 1.29 is 13.2 Å². The summed E-state index contributed by atoms with van der Waals surface area (Å²) in [5, 5.41) is 0. The Balaban J connectivity index is 1.53. The second-order valence-corrected chi connectivity index (χ2v) is 11.4. The molecule has 1 fully saturated rings. The molecule has 2 aromatic rings. The lowest BCUT2D eigenvalue weighted by molar-refractivity contribution is -0.128. The minimum absolute atomic E-state index is 0.0576. The number of aryl methyl sites for hydroxylation is 1. The van der Waals surface area contributed by atoms with Gasteiger partial charge in [0.15, 0.2) is 0 Å². The van der Waals surface area contributed by atoms with Crippen LogP contribution in [-0.4, -0.2) is 55.5 Å². The van der Waals surface area contributed by atoms with Crippen molar-refractivity contribution in [1.82, 2.24) is 9.21 Å². The summed E-state index contributed by atoms with van der Waals surface area (Å²) in [6, 6.07) is 10.7. The largest absolute Gasteiger partial charge is 0.341 e. The van der Waals surface area contributed by atoms with Gasteiger partial charge in [-0.15, -0.1) is 23.1 Å². The van der Waals surface area contributed by atoms with E-state index in [1.165, 1.54) is 15.6 Å². The molecule has 0 unspecified atom stereocenters. The summed E-state index contributed by atoms with van der Waals surface area (Å²) in [4.78, 5) is 15.8. The van der Waals surface area contributed by atoms with E-state index in [2.05, 4.69) is 0 Å². The summed E-state index contributed by atoms with van der Waals surface area (Å²) in [5.74, 6) is 1.20. The van der Waals surface area contributed by atoms with E-state index >= 15 is 0 Å². The van der Waals surface area contributed by atoms with E-state index in [9.17, 15) is 13.2 Å². The van der Waals surface area contributed by atoms with Gasteiger partial charge >= 0.3 is 0 Å². The highest BCUT2D eigenvalue weighted by Gasteiger charge is 2.28. The van der Waals surface area contributed by atoms with Crippen molar-refractivity contribution in [3.63, 3.8) is 0 Å². The molecule has 1 amide bonds. The third-order valence-corrected chi connectivity index (χ3v) is 8.86. The van der Waals surface area contributed by atoms with Crippen LogP contribution in [0.5, 0.6) is 0 Å². The number of benzene rings is 1. The van der Waals surface area contributed by atoms with E-state index in [1.807, 2.05) is 19.1 Å². The number of rotatable bonds is 6. The number of thioether (sulfide) groups is 1. The average Bonchev–Trinajstić information content (AvgIpc) is 2.92. The van der Waals surface area contributed by atoms with Crippen LogP contribution in [0.25, 0.3) is 0 Å². The van der Waals surface area contributed by atoms with Crippen LogP contribution >= 0.6 is 34.7 Å². The van der Waals surface area contributed by atoms with Crippen LogP contribution < -0.4 is 0 Å². The maximum Gasteiger partial charge on any atom is 0.243 e. The van der Waals surface area contributed by atoms with Crippen LogP contribution in [0, 0.1) is 6.92 Å². The minimum Gasteiger partial charge on any atom is -0.341 e. The maximum atomic E-state index is 12.9. The summed E-state index contributed by atoms with van der Waals surface area (Å²) < 4.78 is 28.0. The average molecular weight is 459 g/mol. The Morgan fingerprint density at radius 1 is 1.11 bits per heavy atom. The van der Waals surface area contributed by atoms with Gasteiger partial charge in [-0.25, -0.2) is 8.42 Å². The van der Waals surface area contributed by atoms with Crippen molar-refractivity contribution >= 4 is 50.6 Å². The van der Waals surface area contributed by atoms with E-state index in [0.29, 0.717) is 43.2 Å². The summed E-state index contributed by atoms with van der Waals surface area (Å²) >= 11 is 9.01. The molecular weight excluding hydrogens is 436 g/mol. The van der Waals surface area contributed by atoms with E-state index < -0.39 is 10.0 Å². The van der Waals surface area contributed by atoms with Crippen LogP contribution in [0.2, 0.25) is 4.34 Å². The molecule has 1 aliphatic rings. The Bertz CT molecular complexity index is 913. The highest BCUT2D eigenvalue weighted by Crippen LogP contribution is 2.25. The van der Waals surface area contributed by atoms with Crippen molar-refractivity contribution in [3.8, 4) is 0 Å². The molecule has 0 N–H and O–H groups in total. The Morgan fingerprint density at radius 3 is 2.54 bits per heavy atom. The van der Waals surface area contributed by atoms with Crippen molar-refractivity contribution in [2.45, 2.75) is 24.0 Å². The number of amides is 1. The monoisotopic (exact) mass is 458 g/mol. The van der Waals surface area contributed by atoms with Gasteiger partial charge in [-0.2, -0.15) is 4.31 Å². The predicted octanol–water partition coefficient (Wildman–Crippen LogP) is 3.87. The van der Waals surface area contributed by atoms with Crippen molar-refractivity contribution in [2.75, 3.05) is 31.9 Å². The normalized spacial score (nSPS) is 16.1. The van der Waals surface area contributed by atoms with Crippen molar-refractivity contribution in [2.24, 2.45) is 0 Å². The van der Waals surface area contributed by atoms with Gasteiger partial charge in [0.2, 0.25) is 15.9 Å². The molecule has 0 aliphatic carbocycles. The lowest BCUT2D eigenvalue weighted by Crippen LogP contribution is -2.38. The van der Waals surface area contributed by atoms with E-state index in [4.69, 9.17) is 11.6 Å². The summed E-state index contributed by atoms with van der Waals surface area (Å²) in [6.07, 6.45) is 0.641. The van der Waals surface area contributed by atoms with Crippen molar-refractivity contribution in [1.29, 1.82) is 0 Å². The quantitative estimate of drug-likeness (QED) is 0.659. The number of sulfonamides is 1. The van der Waals surface area contributed by atoms with Gasteiger partial charge in [0.25, 0.3) is 0 Å². The van der Waals surface area contributed by atoms with Gasteiger partial charge in [0, 0.05) is 36.8 Å². The Kier molecular flexibility index (Phi) is 7.44. The predicted molar refractivity (Wildman–Crippen MR) is 117 cm³/mol. The maximum absolute atomic E-state index is 12.9. The summed E-state index contributed by atoms with van der Waals surface area (Å²) in [7, 11) is -3.52. The molecule has 28 heavy (non-hydrogen) atoms. The molecule has 9 heteroatoms. The molecule has 5 nitrogen and oxygen atoms in total. The molecule has 1 saturated heterocycles. The zero-order valence-electron chi connectivity index (χ0n) is 15.6. The summed E-state index contributed by atoms with van der Waals surface area (Å²) in [6.45, 7) is 3.70. The van der Waals surface area contributed by atoms with Crippen LogP contribution in [0.1, 0.15) is 16.9 Å². The first-order valence-electron chi connectivity index (χ1n) is 9.03. The molecule has 152 valence electrons. The summed E-state index contributed by atoms with van der Waals surface area (Å²) in [5.41, 5.74) is 1.02. The smallest absolute Gasteiger partial charge is 0.243 e. The number of halogens is 1. The van der Waals surface area contributed by atoms with Crippen LogP contribution in [0.3, 0.4) is 0 Å². The van der Waals surface area contributed by atoms with Gasteiger partial charge < -0.3 is 4.90 Å². The number of carbonyl (C=O) groups is 1. The second kappa shape index (κ2) is 9.63. The van der Waals surface area contributed by atoms with Gasteiger partial charge in [0.05, 0.1) is 15.0 Å². The fraction of sp³-hybridized carbons (Fsp3) is 0.421. The molecular formula is C19H23ClN2O3S3. The van der Waals surface area contributed by atoms with Gasteiger partial charge in [-0.1, -0.05) is 29.3 Å². The molecule has 0 bridgehead atoms. The first-order chi connectivity index (χ1) is 13.4. The lowest BCUT2D eigenvalue weighted by Gasteiger charge is -2.22. The van der Waals surface area contributed by atoms with Crippen LogP contribution in [0.15, 0.2) is 41.3 Å². The SMILES string of the molecule is Cc1ccc(S(=O)(=O)N2CCCN(C(=O)CSCc3ccc(Cl)s3)CC2)cc1. The molecule has 1 aromatic heterocycles. The Labute approximate surface area is 179 Å². The molecule has 2 heterocycles. The van der Waals surface area contributed by atoms with E-state index in [1.54, 1.807) is 40.9 Å². The number of carbonyl (C=O) groups excluding carboxylic acids is 1. The fourth-order valence-corrected chi connectivity index (χ4v) is 6.60. The van der Waals surface area contributed by atoms with E-state index in [-0.39, 0.29) is 5.91 Å². The lowest BCUT2D eigenvalue weighted by atomic mass is 10.2. The number of thiophene rings is 1. The zero-order chi connectivity index (χ0) is 20.1. The minimum atomic E-state index is -3.52. The zero-order valence-corrected chi connectivity index (χ0v) is 18.8. The molecule has 1 aliphatic heterocycles. The fourth-order valence-electron chi connectivity index (χ4n) is 3.00. The molecule has 0 atom stereocenters. The molecule has 3 rings (SSSR count). The topological polar surface area (TPSA) is 57.7 Å². The first-order valence-corrected chi connectivity index (χ1v) is 12.8. The number of hydrogen-bond donors (Lipinski definition) is 0. The van der Waals surface area contributed by atoms with Crippen LogP contribution in [0.4, 0.5) is 0 Å². The molecule has 0 saturated carbocycles. The Hall–Kier alpha value is -1.06. The van der Waals surface area contributed by atoms with E-state index in [0.717, 1.165) is 20.5 Å². The second-order valence-electron chi connectivity index (χ2n) is 6.65. The molecule has 0 spiro atoms. The first kappa shape index (κ1) is 21.6. The van der Waals surface area contributed by atoms with Gasteiger partial charge in [-0.3, -0.25) is 4.79 Å². The molecule has 1 aromatic carbocycles. The number of nitrogens with zero attached hydrogens (tertiary/aromatic N) is 2. The molecule has 0 radical (unpaired) electrons. The standard InChI is InChI=1S/C19H23ClN2O3S3/c1-15-3-6-17(7-4-15)28(24,25)22-10-2-9-21(11-12-22)19(23)14-26-13-16-5-8-18(20)27-16/h3-8H,2,9-14H2,1H3.